The van der Waals surface area contributed by atoms with Crippen LogP contribution < -0.4 is 14.4 Å². The Balaban J connectivity index is 1.60. The number of piperidine rings is 1. The normalized spacial score (nSPS) is 15.6. The third kappa shape index (κ3) is 5.30. The van der Waals surface area contributed by atoms with Crippen LogP contribution in [0, 0.1) is 24.5 Å². The van der Waals surface area contributed by atoms with Crippen LogP contribution in [0.4, 0.5) is 14.6 Å². The molecule has 1 aliphatic rings. The van der Waals surface area contributed by atoms with E-state index in [1.165, 1.54) is 12.1 Å². The van der Waals surface area contributed by atoms with Gasteiger partial charge in [-0.1, -0.05) is 0 Å². The Kier molecular flexibility index (Phi) is 6.01. The molecule has 2 aromatic rings. The first-order valence-corrected chi connectivity index (χ1v) is 9.57. The summed E-state index contributed by atoms with van der Waals surface area (Å²) in [7, 11) is 0. The van der Waals surface area contributed by atoms with E-state index < -0.39 is 11.6 Å². The summed E-state index contributed by atoms with van der Waals surface area (Å²) in [6.07, 6.45) is 3.48. The molecule has 1 aliphatic heterocycles. The predicted molar refractivity (Wildman–Crippen MR) is 104 cm³/mol. The first-order chi connectivity index (χ1) is 13.2. The highest BCUT2D eigenvalue weighted by molar-refractivity contribution is 5.49. The zero-order chi connectivity index (χ0) is 20.3. The topological polar surface area (TPSA) is 47.5 Å². The molecule has 0 saturated carbocycles. The summed E-state index contributed by atoms with van der Waals surface area (Å²) in [6.45, 7) is 9.84. The largest absolute Gasteiger partial charge is 0.490 e. The summed E-state index contributed by atoms with van der Waals surface area (Å²) in [4.78, 5) is 11.2. The second-order valence-electron chi connectivity index (χ2n) is 8.17. The lowest BCUT2D eigenvalue weighted by Crippen LogP contribution is -2.37. The first-order valence-electron chi connectivity index (χ1n) is 9.57. The van der Waals surface area contributed by atoms with Gasteiger partial charge in [0.1, 0.15) is 11.4 Å². The molecule has 3 rings (SSSR count). The van der Waals surface area contributed by atoms with Crippen LogP contribution in [0.5, 0.6) is 11.6 Å². The molecule has 1 saturated heterocycles. The molecular weight excluding hydrogens is 364 g/mol. The number of hydrogen-bond acceptors (Lipinski definition) is 5. The Hall–Kier alpha value is -2.44. The zero-order valence-electron chi connectivity index (χ0n) is 16.8. The van der Waals surface area contributed by atoms with Gasteiger partial charge in [-0.3, -0.25) is 0 Å². The van der Waals surface area contributed by atoms with Gasteiger partial charge in [0.25, 0.3) is 5.88 Å². The first kappa shape index (κ1) is 20.3. The Morgan fingerprint density at radius 1 is 1.18 bits per heavy atom. The van der Waals surface area contributed by atoms with Crippen molar-refractivity contribution in [3.8, 4) is 11.6 Å². The summed E-state index contributed by atoms with van der Waals surface area (Å²) in [6, 6.07) is 3.37. The molecular formula is C21H27F2N3O2. The van der Waals surface area contributed by atoms with Crippen LogP contribution >= 0.6 is 0 Å². The van der Waals surface area contributed by atoms with Crippen LogP contribution in [0.2, 0.25) is 0 Å². The summed E-state index contributed by atoms with van der Waals surface area (Å²) in [5.41, 5.74) is 0.484. The maximum absolute atomic E-state index is 13.7. The van der Waals surface area contributed by atoms with E-state index in [-0.39, 0.29) is 11.4 Å². The Bertz CT molecular complexity index is 816. The molecule has 2 heterocycles. The number of aryl methyl sites for hydroxylation is 1. The van der Waals surface area contributed by atoms with Gasteiger partial charge in [-0.25, -0.2) is 18.7 Å². The second-order valence-corrected chi connectivity index (χ2v) is 8.17. The maximum atomic E-state index is 13.7. The smallest absolute Gasteiger partial charge is 0.258 e. The van der Waals surface area contributed by atoms with Crippen LogP contribution in [-0.2, 0) is 0 Å². The Labute approximate surface area is 164 Å². The van der Waals surface area contributed by atoms with Crippen LogP contribution in [-0.4, -0.2) is 35.3 Å². The fraction of sp³-hybridized carbons (Fsp3) is 0.524. The molecule has 28 heavy (non-hydrogen) atoms. The van der Waals surface area contributed by atoms with Crippen LogP contribution in [0.3, 0.4) is 0 Å². The number of nitrogens with zero attached hydrogens (tertiary/aromatic N) is 3. The highest BCUT2D eigenvalue weighted by Gasteiger charge is 2.26. The molecule has 0 bridgehead atoms. The molecule has 152 valence electrons. The van der Waals surface area contributed by atoms with Crippen LogP contribution in [0.15, 0.2) is 24.4 Å². The van der Waals surface area contributed by atoms with Gasteiger partial charge in [-0.2, -0.15) is 0 Å². The van der Waals surface area contributed by atoms with Crippen molar-refractivity contribution in [2.45, 2.75) is 46.1 Å². The van der Waals surface area contributed by atoms with Crippen molar-refractivity contribution < 1.29 is 18.3 Å². The van der Waals surface area contributed by atoms with Gasteiger partial charge >= 0.3 is 0 Å². The van der Waals surface area contributed by atoms with Gasteiger partial charge in [0.15, 0.2) is 17.4 Å². The lowest BCUT2D eigenvalue weighted by atomic mass is 9.98. The van der Waals surface area contributed by atoms with Crippen molar-refractivity contribution in [1.82, 2.24) is 9.97 Å². The van der Waals surface area contributed by atoms with E-state index in [0.717, 1.165) is 43.5 Å². The summed E-state index contributed by atoms with van der Waals surface area (Å²) in [5, 5.41) is 0. The number of ether oxygens (including phenoxy) is 2. The molecule has 1 aromatic carbocycles. The fourth-order valence-corrected chi connectivity index (χ4v) is 3.13. The van der Waals surface area contributed by atoms with E-state index in [9.17, 15) is 8.78 Å². The highest BCUT2D eigenvalue weighted by Crippen LogP contribution is 2.31. The van der Waals surface area contributed by atoms with Crippen molar-refractivity contribution in [3.63, 3.8) is 0 Å². The molecule has 5 nitrogen and oxygen atoms in total. The van der Waals surface area contributed by atoms with Crippen molar-refractivity contribution >= 4 is 5.82 Å². The zero-order valence-corrected chi connectivity index (χ0v) is 16.8. The lowest BCUT2D eigenvalue weighted by molar-refractivity contribution is 0.123. The maximum Gasteiger partial charge on any atom is 0.258 e. The summed E-state index contributed by atoms with van der Waals surface area (Å²) in [5.74, 6) is 0.418. The van der Waals surface area contributed by atoms with Gasteiger partial charge in [0, 0.05) is 19.2 Å². The minimum atomic E-state index is -0.670. The number of halogens is 2. The second kappa shape index (κ2) is 8.29. The molecule has 0 unspecified atom stereocenters. The molecule has 0 N–H and O–H groups in total. The molecule has 1 aromatic heterocycles. The fourth-order valence-electron chi connectivity index (χ4n) is 3.13. The number of hydrogen-bond donors (Lipinski definition) is 0. The average molecular weight is 391 g/mol. The number of benzene rings is 1. The van der Waals surface area contributed by atoms with Gasteiger partial charge in [0.05, 0.1) is 18.5 Å². The summed E-state index contributed by atoms with van der Waals surface area (Å²) >= 11 is 0. The number of anilines is 1. The molecule has 1 fully saturated rings. The average Bonchev–Trinajstić information content (AvgIpc) is 2.62. The van der Waals surface area contributed by atoms with Crippen molar-refractivity contribution in [3.05, 3.63) is 41.7 Å². The number of rotatable bonds is 5. The lowest BCUT2D eigenvalue weighted by Gasteiger charge is -2.34. The van der Waals surface area contributed by atoms with Crippen LogP contribution in [0.25, 0.3) is 0 Å². The molecule has 0 atom stereocenters. The molecule has 0 spiro atoms. The monoisotopic (exact) mass is 391 g/mol. The molecule has 0 radical (unpaired) electrons. The predicted octanol–water partition coefficient (Wildman–Crippen LogP) is 4.54. The summed E-state index contributed by atoms with van der Waals surface area (Å²) < 4.78 is 38.2. The van der Waals surface area contributed by atoms with E-state index in [4.69, 9.17) is 9.47 Å². The molecule has 7 heteroatoms. The SMILES string of the molecule is Cc1cnc(OC(C)(C)C)c(N2CCC(COc3ccc(F)cc3F)CC2)n1. The molecule has 0 amide bonds. The Morgan fingerprint density at radius 3 is 2.54 bits per heavy atom. The highest BCUT2D eigenvalue weighted by atomic mass is 19.1. The van der Waals surface area contributed by atoms with E-state index in [2.05, 4.69) is 14.9 Å². The third-order valence-electron chi connectivity index (χ3n) is 4.53. The van der Waals surface area contributed by atoms with Crippen molar-refractivity contribution in [2.24, 2.45) is 5.92 Å². The van der Waals surface area contributed by atoms with Gasteiger partial charge < -0.3 is 14.4 Å². The van der Waals surface area contributed by atoms with E-state index >= 15 is 0 Å². The van der Waals surface area contributed by atoms with Gasteiger partial charge in [-0.05, 0) is 58.6 Å². The number of aromatic nitrogens is 2. The van der Waals surface area contributed by atoms with E-state index in [0.29, 0.717) is 18.4 Å². The van der Waals surface area contributed by atoms with Crippen LogP contribution in [0.1, 0.15) is 39.3 Å². The Morgan fingerprint density at radius 2 is 1.89 bits per heavy atom. The van der Waals surface area contributed by atoms with Crippen molar-refractivity contribution in [1.29, 1.82) is 0 Å². The quantitative estimate of drug-likeness (QED) is 0.749. The van der Waals surface area contributed by atoms with Gasteiger partial charge in [0.2, 0.25) is 0 Å². The minimum Gasteiger partial charge on any atom is -0.490 e. The van der Waals surface area contributed by atoms with Crippen molar-refractivity contribution in [2.75, 3.05) is 24.6 Å². The van der Waals surface area contributed by atoms with E-state index in [1.54, 1.807) is 6.20 Å². The molecule has 0 aliphatic carbocycles. The van der Waals surface area contributed by atoms with E-state index in [1.807, 2.05) is 27.7 Å². The van der Waals surface area contributed by atoms with Gasteiger partial charge in [-0.15, -0.1) is 0 Å². The minimum absolute atomic E-state index is 0.0919. The standard InChI is InChI=1S/C21H27F2N3O2/c1-14-12-24-20(28-21(2,3)4)19(25-14)26-9-7-15(8-10-26)13-27-18-6-5-16(22)11-17(18)23/h5-6,11-12,15H,7-10,13H2,1-4H3. The third-order valence-corrected chi connectivity index (χ3v) is 4.53.